The number of esters is 1. The molecule has 1 N–H and O–H groups in total. The van der Waals surface area contributed by atoms with Crippen LogP contribution in [0, 0.1) is 6.92 Å². The predicted molar refractivity (Wildman–Crippen MR) is 114 cm³/mol. The molecule has 2 heterocycles. The summed E-state index contributed by atoms with van der Waals surface area (Å²) in [4.78, 5) is 28.3. The molecule has 0 aliphatic carbocycles. The van der Waals surface area contributed by atoms with E-state index in [4.69, 9.17) is 9.47 Å². The number of hydrogen-bond donors (Lipinski definition) is 1. The number of aromatic nitrogens is 1. The number of fused-ring (bicyclic) bond motifs is 1. The number of carbonyl (C=O) groups excluding carboxylic acids is 2. The molecule has 3 aromatic rings. The summed E-state index contributed by atoms with van der Waals surface area (Å²) in [5.41, 5.74) is 4.94. The highest BCUT2D eigenvalue weighted by atomic mass is 16.6. The first-order valence-electron chi connectivity index (χ1n) is 9.85. The number of benzene rings is 2. The van der Waals surface area contributed by atoms with E-state index >= 15 is 0 Å². The van der Waals surface area contributed by atoms with Crippen molar-refractivity contribution in [3.63, 3.8) is 0 Å². The Morgan fingerprint density at radius 3 is 2.80 bits per heavy atom. The van der Waals surface area contributed by atoms with Crippen LogP contribution in [-0.2, 0) is 16.0 Å². The minimum Gasteiger partial charge on any atom is -0.490 e. The predicted octanol–water partition coefficient (Wildman–Crippen LogP) is 4.18. The van der Waals surface area contributed by atoms with E-state index in [-0.39, 0.29) is 25.1 Å². The quantitative estimate of drug-likeness (QED) is 0.494. The Labute approximate surface area is 174 Å². The first kappa shape index (κ1) is 19.6. The molecular formula is C24H22N2O4. The van der Waals surface area contributed by atoms with E-state index in [0.29, 0.717) is 24.2 Å². The van der Waals surface area contributed by atoms with Crippen molar-refractivity contribution in [1.82, 2.24) is 4.98 Å². The van der Waals surface area contributed by atoms with Gasteiger partial charge in [-0.2, -0.15) is 0 Å². The normalized spacial score (nSPS) is 12.6. The van der Waals surface area contributed by atoms with Crippen LogP contribution in [0.25, 0.3) is 11.3 Å². The highest BCUT2D eigenvalue weighted by Gasteiger charge is 2.16. The Morgan fingerprint density at radius 2 is 1.97 bits per heavy atom. The first-order valence-corrected chi connectivity index (χ1v) is 9.85. The van der Waals surface area contributed by atoms with Crippen LogP contribution in [0.5, 0.6) is 5.75 Å². The minimum absolute atomic E-state index is 0.0329. The molecule has 2 aromatic carbocycles. The van der Waals surface area contributed by atoms with Crippen molar-refractivity contribution in [3.8, 4) is 17.0 Å². The molecule has 0 saturated heterocycles. The Kier molecular flexibility index (Phi) is 5.75. The lowest BCUT2D eigenvalue weighted by molar-refractivity contribution is -0.116. The summed E-state index contributed by atoms with van der Waals surface area (Å²) in [6.45, 7) is 2.28. The molecule has 152 valence electrons. The van der Waals surface area contributed by atoms with Crippen molar-refractivity contribution in [2.24, 2.45) is 0 Å². The van der Waals surface area contributed by atoms with Gasteiger partial charge in [0.15, 0.2) is 0 Å². The van der Waals surface area contributed by atoms with Crippen molar-refractivity contribution in [3.05, 3.63) is 77.5 Å². The highest BCUT2D eigenvalue weighted by Crippen LogP contribution is 2.27. The summed E-state index contributed by atoms with van der Waals surface area (Å²) < 4.78 is 11.1. The monoisotopic (exact) mass is 402 g/mol. The van der Waals surface area contributed by atoms with Gasteiger partial charge in [-0.3, -0.25) is 9.78 Å². The summed E-state index contributed by atoms with van der Waals surface area (Å²) in [6.07, 6.45) is 2.90. The molecule has 0 atom stereocenters. The average Bonchev–Trinajstić information content (AvgIpc) is 2.77. The maximum absolute atomic E-state index is 12.5. The Hall–Kier alpha value is -3.67. The number of anilines is 1. The number of rotatable bonds is 6. The molecule has 0 saturated carbocycles. The number of hydrogen-bond acceptors (Lipinski definition) is 5. The Bertz CT molecular complexity index is 1080. The van der Waals surface area contributed by atoms with Gasteiger partial charge in [0.25, 0.3) is 0 Å². The molecule has 0 unspecified atom stereocenters. The fourth-order valence-corrected chi connectivity index (χ4v) is 3.48. The summed E-state index contributed by atoms with van der Waals surface area (Å²) >= 11 is 0. The van der Waals surface area contributed by atoms with E-state index in [1.807, 2.05) is 49.4 Å². The summed E-state index contributed by atoms with van der Waals surface area (Å²) in [6, 6.07) is 16.8. The van der Waals surface area contributed by atoms with Gasteiger partial charge in [-0.25, -0.2) is 4.79 Å². The van der Waals surface area contributed by atoms with Gasteiger partial charge in [0.1, 0.15) is 19.0 Å². The van der Waals surface area contributed by atoms with Crippen LogP contribution in [-0.4, -0.2) is 30.1 Å². The summed E-state index contributed by atoms with van der Waals surface area (Å²) in [7, 11) is 0. The van der Waals surface area contributed by atoms with E-state index in [1.165, 1.54) is 0 Å². The van der Waals surface area contributed by atoms with Crippen LogP contribution in [0.3, 0.4) is 0 Å². The van der Waals surface area contributed by atoms with E-state index in [9.17, 15) is 9.59 Å². The molecule has 30 heavy (non-hydrogen) atoms. The zero-order valence-electron chi connectivity index (χ0n) is 16.7. The standard InChI is InChI=1S/C24H22N2O4/c1-16-19(22-7-2-3-12-25-22)5-4-6-20(16)24(28)30-14-13-29-18-9-10-21-17(15-18)8-11-23(27)26-21/h2-7,9-10,12,15H,8,11,13-14H2,1H3,(H,26,27). The van der Waals surface area contributed by atoms with Gasteiger partial charge in [0.05, 0.1) is 11.3 Å². The highest BCUT2D eigenvalue weighted by molar-refractivity contribution is 5.94. The van der Waals surface area contributed by atoms with Gasteiger partial charge >= 0.3 is 5.97 Å². The van der Waals surface area contributed by atoms with E-state index in [0.717, 1.165) is 28.1 Å². The van der Waals surface area contributed by atoms with Crippen molar-refractivity contribution < 1.29 is 19.1 Å². The summed E-state index contributed by atoms with van der Waals surface area (Å²) in [5.74, 6) is 0.335. The third-order valence-electron chi connectivity index (χ3n) is 5.05. The first-order chi connectivity index (χ1) is 14.6. The topological polar surface area (TPSA) is 77.5 Å². The lowest BCUT2D eigenvalue weighted by atomic mass is 10.00. The molecule has 4 rings (SSSR count). The molecular weight excluding hydrogens is 380 g/mol. The lowest BCUT2D eigenvalue weighted by Crippen LogP contribution is -2.19. The molecule has 6 nitrogen and oxygen atoms in total. The largest absolute Gasteiger partial charge is 0.490 e. The number of amides is 1. The van der Waals surface area contributed by atoms with Crippen LogP contribution < -0.4 is 10.1 Å². The smallest absolute Gasteiger partial charge is 0.338 e. The van der Waals surface area contributed by atoms with Crippen LogP contribution in [0.4, 0.5) is 5.69 Å². The Balaban J connectivity index is 1.34. The third-order valence-corrected chi connectivity index (χ3v) is 5.05. The van der Waals surface area contributed by atoms with Gasteiger partial charge in [-0.05, 0) is 60.9 Å². The lowest BCUT2D eigenvalue weighted by Gasteiger charge is -2.17. The van der Waals surface area contributed by atoms with Crippen molar-refractivity contribution >= 4 is 17.6 Å². The summed E-state index contributed by atoms with van der Waals surface area (Å²) in [5, 5.41) is 2.84. The number of nitrogens with one attached hydrogen (secondary N) is 1. The number of carbonyl (C=O) groups is 2. The van der Waals surface area contributed by atoms with Crippen LogP contribution in [0.2, 0.25) is 0 Å². The minimum atomic E-state index is -0.387. The molecule has 1 aromatic heterocycles. The molecule has 6 heteroatoms. The van der Waals surface area contributed by atoms with Gasteiger partial charge in [-0.1, -0.05) is 18.2 Å². The number of aryl methyl sites for hydroxylation is 1. The van der Waals surface area contributed by atoms with E-state index in [1.54, 1.807) is 18.3 Å². The number of nitrogens with zero attached hydrogens (tertiary/aromatic N) is 1. The molecule has 1 aliphatic heterocycles. The van der Waals surface area contributed by atoms with Gasteiger partial charge in [-0.15, -0.1) is 0 Å². The van der Waals surface area contributed by atoms with Crippen LogP contribution >= 0.6 is 0 Å². The van der Waals surface area contributed by atoms with E-state index in [2.05, 4.69) is 10.3 Å². The molecule has 1 aliphatic rings. The number of ether oxygens (including phenoxy) is 2. The molecule has 0 radical (unpaired) electrons. The fourth-order valence-electron chi connectivity index (χ4n) is 3.48. The Morgan fingerprint density at radius 1 is 1.07 bits per heavy atom. The second-order valence-corrected chi connectivity index (χ2v) is 7.04. The zero-order valence-corrected chi connectivity index (χ0v) is 16.7. The van der Waals surface area contributed by atoms with Gasteiger partial charge in [0.2, 0.25) is 5.91 Å². The molecule has 0 spiro atoms. The van der Waals surface area contributed by atoms with Crippen LogP contribution in [0.1, 0.15) is 27.9 Å². The van der Waals surface area contributed by atoms with Crippen LogP contribution in [0.15, 0.2) is 60.8 Å². The number of pyridine rings is 1. The molecule has 0 bridgehead atoms. The third kappa shape index (κ3) is 4.33. The van der Waals surface area contributed by atoms with Gasteiger partial charge in [0, 0.05) is 23.9 Å². The van der Waals surface area contributed by atoms with Crippen molar-refractivity contribution in [2.75, 3.05) is 18.5 Å². The second-order valence-electron chi connectivity index (χ2n) is 7.04. The second kappa shape index (κ2) is 8.78. The fraction of sp³-hybridized carbons (Fsp3) is 0.208. The van der Waals surface area contributed by atoms with E-state index < -0.39 is 0 Å². The molecule has 0 fully saturated rings. The van der Waals surface area contributed by atoms with Crippen molar-refractivity contribution in [2.45, 2.75) is 19.8 Å². The van der Waals surface area contributed by atoms with Crippen molar-refractivity contribution in [1.29, 1.82) is 0 Å². The average molecular weight is 402 g/mol. The zero-order chi connectivity index (χ0) is 20.9. The van der Waals surface area contributed by atoms with Gasteiger partial charge < -0.3 is 14.8 Å². The SMILES string of the molecule is Cc1c(C(=O)OCCOc2ccc3c(c2)CCC(=O)N3)cccc1-c1ccccn1. The molecule has 1 amide bonds. The maximum Gasteiger partial charge on any atom is 0.338 e. The maximum atomic E-state index is 12.5.